The molecule has 0 saturated carbocycles. The number of aliphatic hydroxyl groups excluding tert-OH is 1. The summed E-state index contributed by atoms with van der Waals surface area (Å²) in [6.07, 6.45) is 0. The highest BCUT2D eigenvalue weighted by atomic mass is 19.2. The number of methoxy groups -OCH3 is 1. The molecule has 0 fully saturated rings. The van der Waals surface area contributed by atoms with Gasteiger partial charge in [0.1, 0.15) is 29.4 Å². The Morgan fingerprint density at radius 2 is 1.62 bits per heavy atom. The SMILES string of the molecule is COc1ccc(NC(=O)c2c(F)c(F)c(F)c(F)c2F)cc1-c1ccc(CO)o1. The lowest BCUT2D eigenvalue weighted by atomic mass is 10.1. The Bertz CT molecular complexity index is 1070. The molecule has 0 unspecified atom stereocenters. The Balaban J connectivity index is 1.99. The zero-order chi connectivity index (χ0) is 21.3. The number of anilines is 1. The summed E-state index contributed by atoms with van der Waals surface area (Å²) >= 11 is 0. The molecule has 0 aliphatic carbocycles. The number of carbonyl (C=O) groups excluding carboxylic acids is 1. The van der Waals surface area contributed by atoms with Crippen LogP contribution in [-0.4, -0.2) is 18.1 Å². The summed E-state index contributed by atoms with van der Waals surface area (Å²) in [6, 6.07) is 7.00. The number of carbonyl (C=O) groups is 1. The normalized spacial score (nSPS) is 10.9. The van der Waals surface area contributed by atoms with E-state index in [1.807, 2.05) is 0 Å². The van der Waals surface area contributed by atoms with Crippen molar-refractivity contribution < 1.29 is 41.0 Å². The van der Waals surface area contributed by atoms with E-state index in [0.717, 1.165) is 0 Å². The summed E-state index contributed by atoms with van der Waals surface area (Å²) in [5, 5.41) is 11.2. The van der Waals surface area contributed by atoms with Gasteiger partial charge >= 0.3 is 0 Å². The van der Waals surface area contributed by atoms with Gasteiger partial charge in [-0.15, -0.1) is 0 Å². The molecule has 3 rings (SSSR count). The van der Waals surface area contributed by atoms with Crippen LogP contribution in [0.15, 0.2) is 34.7 Å². The molecule has 2 aromatic carbocycles. The summed E-state index contributed by atoms with van der Waals surface area (Å²) in [5.74, 6) is -12.0. The molecular weight excluding hydrogens is 401 g/mol. The molecule has 3 aromatic rings. The second kappa shape index (κ2) is 7.92. The molecule has 0 spiro atoms. The van der Waals surface area contributed by atoms with Gasteiger partial charge < -0.3 is 19.6 Å². The van der Waals surface area contributed by atoms with Gasteiger partial charge in [0.15, 0.2) is 23.3 Å². The van der Waals surface area contributed by atoms with Gasteiger partial charge in [-0.1, -0.05) is 0 Å². The number of hydrogen-bond donors (Lipinski definition) is 2. The van der Waals surface area contributed by atoms with Crippen molar-refractivity contribution in [3.8, 4) is 17.1 Å². The molecule has 0 aliphatic rings. The van der Waals surface area contributed by atoms with Crippen LogP contribution in [-0.2, 0) is 6.61 Å². The summed E-state index contributed by atoms with van der Waals surface area (Å²) in [6.45, 7) is -0.362. The zero-order valence-corrected chi connectivity index (χ0v) is 14.7. The smallest absolute Gasteiger partial charge is 0.261 e. The maximum Gasteiger partial charge on any atom is 0.261 e. The van der Waals surface area contributed by atoms with Crippen molar-refractivity contribution in [3.63, 3.8) is 0 Å². The highest BCUT2D eigenvalue weighted by molar-refractivity contribution is 6.05. The van der Waals surface area contributed by atoms with E-state index in [1.165, 1.54) is 37.4 Å². The minimum absolute atomic E-state index is 0.0308. The van der Waals surface area contributed by atoms with Gasteiger partial charge in [0, 0.05) is 5.69 Å². The molecule has 152 valence electrons. The lowest BCUT2D eigenvalue weighted by molar-refractivity contribution is 0.101. The Kier molecular flexibility index (Phi) is 5.55. The van der Waals surface area contributed by atoms with E-state index in [-0.39, 0.29) is 23.8 Å². The molecule has 0 radical (unpaired) electrons. The van der Waals surface area contributed by atoms with Crippen molar-refractivity contribution in [2.45, 2.75) is 6.61 Å². The van der Waals surface area contributed by atoms with Crippen LogP contribution < -0.4 is 10.1 Å². The summed E-state index contributed by atoms with van der Waals surface area (Å²) < 4.78 is 78.0. The van der Waals surface area contributed by atoms with Gasteiger partial charge in [-0.25, -0.2) is 22.0 Å². The number of aliphatic hydroxyl groups is 1. The van der Waals surface area contributed by atoms with E-state index in [0.29, 0.717) is 11.3 Å². The van der Waals surface area contributed by atoms with Crippen LogP contribution in [0, 0.1) is 29.1 Å². The largest absolute Gasteiger partial charge is 0.496 e. The molecule has 1 amide bonds. The predicted octanol–water partition coefficient (Wildman–Crippen LogP) is 4.40. The van der Waals surface area contributed by atoms with Crippen molar-refractivity contribution in [2.24, 2.45) is 0 Å². The number of amides is 1. The van der Waals surface area contributed by atoms with Crippen LogP contribution in [0.5, 0.6) is 5.75 Å². The second-order valence-electron chi connectivity index (χ2n) is 5.74. The monoisotopic (exact) mass is 413 g/mol. The zero-order valence-electron chi connectivity index (χ0n) is 14.7. The fraction of sp³-hybridized carbons (Fsp3) is 0.105. The third kappa shape index (κ3) is 3.66. The third-order valence-electron chi connectivity index (χ3n) is 3.98. The van der Waals surface area contributed by atoms with Gasteiger partial charge in [-0.3, -0.25) is 4.79 Å². The standard InChI is InChI=1S/C19H12F5NO4/c1-28-11-4-2-8(6-10(11)12-5-3-9(7-26)29-12)25-19(27)13-14(20)16(22)18(24)17(23)15(13)21/h2-6,26H,7H2,1H3,(H,25,27). The highest BCUT2D eigenvalue weighted by Crippen LogP contribution is 2.34. The van der Waals surface area contributed by atoms with Gasteiger partial charge in [-0.05, 0) is 30.3 Å². The predicted molar refractivity (Wildman–Crippen MR) is 90.8 cm³/mol. The molecule has 0 aliphatic heterocycles. The quantitative estimate of drug-likeness (QED) is 0.370. The highest BCUT2D eigenvalue weighted by Gasteiger charge is 2.30. The number of benzene rings is 2. The van der Waals surface area contributed by atoms with Crippen molar-refractivity contribution in [2.75, 3.05) is 12.4 Å². The molecule has 0 atom stereocenters. The fourth-order valence-corrected chi connectivity index (χ4v) is 2.58. The third-order valence-corrected chi connectivity index (χ3v) is 3.98. The Morgan fingerprint density at radius 3 is 2.17 bits per heavy atom. The van der Waals surface area contributed by atoms with Gasteiger partial charge in [-0.2, -0.15) is 0 Å². The van der Waals surface area contributed by atoms with E-state index < -0.39 is 40.6 Å². The van der Waals surface area contributed by atoms with Crippen molar-refractivity contribution in [1.29, 1.82) is 0 Å². The van der Waals surface area contributed by atoms with E-state index in [2.05, 4.69) is 5.32 Å². The average Bonchev–Trinajstić information content (AvgIpc) is 3.20. The average molecular weight is 413 g/mol. The van der Waals surface area contributed by atoms with E-state index in [4.69, 9.17) is 14.3 Å². The van der Waals surface area contributed by atoms with Crippen LogP contribution in [0.3, 0.4) is 0 Å². The molecule has 1 aromatic heterocycles. The fourth-order valence-electron chi connectivity index (χ4n) is 2.58. The Hall–Kier alpha value is -3.40. The molecule has 0 saturated heterocycles. The first kappa shape index (κ1) is 20.3. The minimum Gasteiger partial charge on any atom is -0.496 e. The van der Waals surface area contributed by atoms with Crippen LogP contribution in [0.2, 0.25) is 0 Å². The van der Waals surface area contributed by atoms with Crippen LogP contribution in [0.25, 0.3) is 11.3 Å². The maximum absolute atomic E-state index is 13.8. The maximum atomic E-state index is 13.8. The first-order chi connectivity index (χ1) is 13.8. The van der Waals surface area contributed by atoms with E-state index in [9.17, 15) is 26.7 Å². The number of nitrogens with one attached hydrogen (secondary N) is 1. The van der Waals surface area contributed by atoms with Gasteiger partial charge in [0.2, 0.25) is 5.82 Å². The van der Waals surface area contributed by atoms with Crippen LogP contribution in [0.4, 0.5) is 27.6 Å². The molecular formula is C19H12F5NO4. The number of hydrogen-bond acceptors (Lipinski definition) is 4. The lowest BCUT2D eigenvalue weighted by Crippen LogP contribution is -2.19. The Morgan fingerprint density at radius 1 is 1.00 bits per heavy atom. The van der Waals surface area contributed by atoms with Gasteiger partial charge in [0.25, 0.3) is 5.91 Å². The minimum atomic E-state index is -2.36. The first-order valence-corrected chi connectivity index (χ1v) is 7.99. The summed E-state index contributed by atoms with van der Waals surface area (Å²) in [7, 11) is 1.36. The molecule has 10 heteroatoms. The van der Waals surface area contributed by atoms with Crippen molar-refractivity contribution in [3.05, 3.63) is 70.7 Å². The summed E-state index contributed by atoms with van der Waals surface area (Å²) in [4.78, 5) is 12.2. The number of ether oxygens (including phenoxy) is 1. The molecule has 2 N–H and O–H groups in total. The second-order valence-corrected chi connectivity index (χ2v) is 5.74. The molecule has 5 nitrogen and oxygen atoms in total. The summed E-state index contributed by atoms with van der Waals surface area (Å²) in [5.41, 5.74) is -1.33. The van der Waals surface area contributed by atoms with Crippen molar-refractivity contribution >= 4 is 11.6 Å². The van der Waals surface area contributed by atoms with E-state index in [1.54, 1.807) is 0 Å². The molecule has 29 heavy (non-hydrogen) atoms. The Labute approximate surface area is 160 Å². The first-order valence-electron chi connectivity index (χ1n) is 7.99. The van der Waals surface area contributed by atoms with Crippen LogP contribution >= 0.6 is 0 Å². The lowest BCUT2D eigenvalue weighted by Gasteiger charge is -2.12. The van der Waals surface area contributed by atoms with Crippen molar-refractivity contribution in [1.82, 2.24) is 0 Å². The van der Waals surface area contributed by atoms with E-state index >= 15 is 0 Å². The number of furan rings is 1. The number of halogens is 5. The molecule has 1 heterocycles. The topological polar surface area (TPSA) is 71.7 Å². The van der Waals surface area contributed by atoms with Crippen LogP contribution in [0.1, 0.15) is 16.1 Å². The molecule has 0 bridgehead atoms. The number of rotatable bonds is 5. The van der Waals surface area contributed by atoms with Gasteiger partial charge in [0.05, 0.1) is 12.7 Å².